The van der Waals surface area contributed by atoms with Crippen LogP contribution in [0.2, 0.25) is 5.02 Å². The van der Waals surface area contributed by atoms with E-state index in [1.807, 2.05) is 6.92 Å². The molecule has 1 N–H and O–H groups in total. The van der Waals surface area contributed by atoms with Crippen LogP contribution < -0.4 is 14.4 Å². The summed E-state index contributed by atoms with van der Waals surface area (Å²) in [5.74, 6) is 0.114. The summed E-state index contributed by atoms with van der Waals surface area (Å²) < 4.78 is 31.0. The summed E-state index contributed by atoms with van der Waals surface area (Å²) in [6.07, 6.45) is 2.55. The minimum atomic E-state index is -3.49. The number of ether oxygens (including phenoxy) is 1. The number of nitrogens with zero attached hydrogens (tertiary/aromatic N) is 1. The molecule has 23 heavy (non-hydrogen) atoms. The van der Waals surface area contributed by atoms with Crippen molar-refractivity contribution < 1.29 is 17.9 Å². The highest BCUT2D eigenvalue weighted by atomic mass is 35.5. The number of anilines is 1. The first-order chi connectivity index (χ1) is 10.8. The van der Waals surface area contributed by atoms with E-state index in [0.29, 0.717) is 23.0 Å². The maximum atomic E-state index is 12.2. The fourth-order valence-corrected chi connectivity index (χ4v) is 3.49. The van der Waals surface area contributed by atoms with Crippen molar-refractivity contribution in [2.45, 2.75) is 32.3 Å². The number of hydrogen-bond donors (Lipinski definition) is 1. The van der Waals surface area contributed by atoms with Crippen LogP contribution in [0.1, 0.15) is 26.2 Å². The van der Waals surface area contributed by atoms with Crippen LogP contribution in [-0.4, -0.2) is 39.8 Å². The van der Waals surface area contributed by atoms with Gasteiger partial charge in [-0.2, -0.15) is 0 Å². The molecule has 1 aliphatic heterocycles. The average Bonchev–Trinajstić information content (AvgIpc) is 2.66. The number of unbranched alkanes of at least 4 members (excludes halogenated alkanes) is 1. The molecule has 0 aliphatic carbocycles. The smallest absolute Gasteiger partial charge is 0.261 e. The highest BCUT2D eigenvalue weighted by molar-refractivity contribution is 7.92. The van der Waals surface area contributed by atoms with Crippen LogP contribution >= 0.6 is 11.6 Å². The number of carbonyl (C=O) groups is 1. The van der Waals surface area contributed by atoms with Gasteiger partial charge in [-0.15, -0.1) is 0 Å². The van der Waals surface area contributed by atoms with E-state index in [0.717, 1.165) is 19.1 Å². The van der Waals surface area contributed by atoms with Gasteiger partial charge < -0.3 is 10.1 Å². The van der Waals surface area contributed by atoms with Crippen LogP contribution in [-0.2, 0) is 14.8 Å². The van der Waals surface area contributed by atoms with Crippen LogP contribution in [0.5, 0.6) is 5.75 Å². The Hall–Kier alpha value is -1.47. The second kappa shape index (κ2) is 7.40. The topological polar surface area (TPSA) is 75.7 Å². The van der Waals surface area contributed by atoms with Crippen molar-refractivity contribution in [3.63, 3.8) is 0 Å². The third-order valence-electron chi connectivity index (χ3n) is 3.58. The van der Waals surface area contributed by atoms with E-state index in [1.165, 1.54) is 10.4 Å². The Morgan fingerprint density at radius 2 is 2.22 bits per heavy atom. The Bertz CT molecular complexity index is 678. The summed E-state index contributed by atoms with van der Waals surface area (Å²) in [6, 6.07) is 4.74. The van der Waals surface area contributed by atoms with Gasteiger partial charge in [0.25, 0.3) is 5.91 Å². The molecule has 0 radical (unpaired) electrons. The fourth-order valence-electron chi connectivity index (χ4n) is 2.38. The maximum Gasteiger partial charge on any atom is 0.261 e. The van der Waals surface area contributed by atoms with Crippen molar-refractivity contribution >= 4 is 33.2 Å². The molecule has 1 atom stereocenters. The van der Waals surface area contributed by atoms with Gasteiger partial charge in [0.05, 0.1) is 11.9 Å². The summed E-state index contributed by atoms with van der Waals surface area (Å²) in [7, 11) is -3.49. The zero-order valence-corrected chi connectivity index (χ0v) is 14.8. The number of rotatable bonds is 5. The zero-order chi connectivity index (χ0) is 17.0. The van der Waals surface area contributed by atoms with E-state index in [-0.39, 0.29) is 18.9 Å². The van der Waals surface area contributed by atoms with Crippen molar-refractivity contribution in [3.05, 3.63) is 23.2 Å². The van der Waals surface area contributed by atoms with E-state index in [4.69, 9.17) is 16.3 Å². The third kappa shape index (κ3) is 4.51. The Morgan fingerprint density at radius 1 is 1.48 bits per heavy atom. The van der Waals surface area contributed by atoms with Crippen LogP contribution in [0.25, 0.3) is 0 Å². The molecule has 1 aromatic carbocycles. The van der Waals surface area contributed by atoms with E-state index < -0.39 is 16.1 Å². The SMILES string of the molecule is CCCCNC(=O)[C@@H]1CCN(S(C)(=O)=O)c2cc(Cl)ccc2O1. The number of fused-ring (bicyclic) bond motifs is 1. The average molecular weight is 361 g/mol. The van der Waals surface area contributed by atoms with Gasteiger partial charge in [-0.05, 0) is 24.6 Å². The van der Waals surface area contributed by atoms with Gasteiger partial charge in [0.2, 0.25) is 10.0 Å². The van der Waals surface area contributed by atoms with Crippen molar-refractivity contribution in [2.24, 2.45) is 0 Å². The summed E-state index contributed by atoms with van der Waals surface area (Å²) in [6.45, 7) is 2.79. The highest BCUT2D eigenvalue weighted by Gasteiger charge is 2.31. The molecule has 1 amide bonds. The molecule has 0 aromatic heterocycles. The number of nitrogens with one attached hydrogen (secondary N) is 1. The normalized spacial score (nSPS) is 17.9. The summed E-state index contributed by atoms with van der Waals surface area (Å²) in [4.78, 5) is 12.2. The van der Waals surface area contributed by atoms with Crippen molar-refractivity contribution in [3.8, 4) is 5.75 Å². The van der Waals surface area contributed by atoms with Gasteiger partial charge in [0.15, 0.2) is 6.10 Å². The monoisotopic (exact) mass is 360 g/mol. The number of sulfonamides is 1. The fraction of sp³-hybridized carbons (Fsp3) is 0.533. The molecule has 6 nitrogen and oxygen atoms in total. The maximum absolute atomic E-state index is 12.2. The van der Waals surface area contributed by atoms with Gasteiger partial charge in [0.1, 0.15) is 5.75 Å². The molecule has 8 heteroatoms. The standard InChI is InChI=1S/C15H21ClN2O4S/c1-3-4-8-17-15(19)14-7-9-18(23(2,20)21)12-10-11(16)5-6-13(12)22-14/h5-6,10,14H,3-4,7-9H2,1-2H3,(H,17,19)/t14-/m0/s1. The predicted molar refractivity (Wildman–Crippen MR) is 90.6 cm³/mol. The van der Waals surface area contributed by atoms with E-state index in [2.05, 4.69) is 5.32 Å². The van der Waals surface area contributed by atoms with Gasteiger partial charge in [-0.1, -0.05) is 24.9 Å². The molecular weight excluding hydrogens is 340 g/mol. The number of hydrogen-bond acceptors (Lipinski definition) is 4. The lowest BCUT2D eigenvalue weighted by molar-refractivity contribution is -0.128. The lowest BCUT2D eigenvalue weighted by Gasteiger charge is -2.21. The van der Waals surface area contributed by atoms with Crippen LogP contribution in [0.15, 0.2) is 18.2 Å². The molecule has 0 saturated heterocycles. The molecule has 0 bridgehead atoms. The number of benzene rings is 1. The molecule has 0 fully saturated rings. The van der Waals surface area contributed by atoms with E-state index >= 15 is 0 Å². The Balaban J connectivity index is 2.26. The molecule has 2 rings (SSSR count). The number of amides is 1. The highest BCUT2D eigenvalue weighted by Crippen LogP contribution is 2.36. The Kier molecular flexibility index (Phi) is 5.75. The zero-order valence-electron chi connectivity index (χ0n) is 13.2. The second-order valence-corrected chi connectivity index (χ2v) is 7.83. The van der Waals surface area contributed by atoms with Crippen LogP contribution in [0, 0.1) is 0 Å². The lowest BCUT2D eigenvalue weighted by atomic mass is 10.2. The summed E-state index contributed by atoms with van der Waals surface area (Å²) in [5.41, 5.74) is 0.365. The first-order valence-electron chi connectivity index (χ1n) is 7.54. The largest absolute Gasteiger partial charge is 0.478 e. The molecule has 1 aromatic rings. The van der Waals surface area contributed by atoms with E-state index in [9.17, 15) is 13.2 Å². The third-order valence-corrected chi connectivity index (χ3v) is 4.99. The van der Waals surface area contributed by atoms with Gasteiger partial charge in [-0.25, -0.2) is 8.42 Å². The first-order valence-corrected chi connectivity index (χ1v) is 9.77. The number of halogens is 1. The molecular formula is C15H21ClN2O4S. The van der Waals surface area contributed by atoms with Crippen LogP contribution in [0.4, 0.5) is 5.69 Å². The summed E-state index contributed by atoms with van der Waals surface area (Å²) in [5, 5.41) is 3.23. The molecule has 0 saturated carbocycles. The van der Waals surface area contributed by atoms with Gasteiger partial charge in [0, 0.05) is 24.5 Å². The lowest BCUT2D eigenvalue weighted by Crippen LogP contribution is -2.40. The first kappa shape index (κ1) is 17.9. The molecule has 0 spiro atoms. The molecule has 1 heterocycles. The number of carbonyl (C=O) groups excluding carboxylic acids is 1. The van der Waals surface area contributed by atoms with Gasteiger partial charge in [-0.3, -0.25) is 9.10 Å². The Labute approximate surface area is 141 Å². The van der Waals surface area contributed by atoms with Crippen molar-refractivity contribution in [1.82, 2.24) is 5.32 Å². The Morgan fingerprint density at radius 3 is 2.87 bits per heavy atom. The minimum absolute atomic E-state index is 0.165. The summed E-state index contributed by atoms with van der Waals surface area (Å²) >= 11 is 5.97. The van der Waals surface area contributed by atoms with Crippen molar-refractivity contribution in [1.29, 1.82) is 0 Å². The molecule has 1 aliphatic rings. The predicted octanol–water partition coefficient (Wildman–Crippen LogP) is 2.17. The second-order valence-electron chi connectivity index (χ2n) is 5.49. The van der Waals surface area contributed by atoms with Crippen LogP contribution in [0.3, 0.4) is 0 Å². The van der Waals surface area contributed by atoms with Gasteiger partial charge >= 0.3 is 0 Å². The quantitative estimate of drug-likeness (QED) is 0.816. The molecule has 128 valence electrons. The van der Waals surface area contributed by atoms with E-state index in [1.54, 1.807) is 12.1 Å². The molecule has 0 unspecified atom stereocenters. The van der Waals surface area contributed by atoms with Crippen molar-refractivity contribution in [2.75, 3.05) is 23.7 Å². The minimum Gasteiger partial charge on any atom is -0.478 e.